The first-order valence-electron chi connectivity index (χ1n) is 8.56. The van der Waals surface area contributed by atoms with Crippen LogP contribution in [0.2, 0.25) is 0 Å². The summed E-state index contributed by atoms with van der Waals surface area (Å²) in [6.45, 7) is 5.96. The van der Waals surface area contributed by atoms with Gasteiger partial charge in [-0.3, -0.25) is 4.90 Å². The third-order valence-electron chi connectivity index (χ3n) is 4.46. The number of methoxy groups -OCH3 is 1. The quantitative estimate of drug-likeness (QED) is 0.836. The van der Waals surface area contributed by atoms with E-state index in [0.717, 1.165) is 19.6 Å². The number of nitrogens with one attached hydrogen (secondary N) is 1. The van der Waals surface area contributed by atoms with Crippen molar-refractivity contribution in [2.45, 2.75) is 13.5 Å². The third-order valence-corrected chi connectivity index (χ3v) is 5.36. The second kappa shape index (κ2) is 8.33. The van der Waals surface area contributed by atoms with Gasteiger partial charge < -0.3 is 15.0 Å². The molecule has 0 spiro atoms. The summed E-state index contributed by atoms with van der Waals surface area (Å²) < 4.78 is 4.74. The van der Waals surface area contributed by atoms with Crippen LogP contribution in [0.4, 0.5) is 10.5 Å². The van der Waals surface area contributed by atoms with Gasteiger partial charge in [-0.15, -0.1) is 11.3 Å². The normalized spacial score (nSPS) is 14.9. The smallest absolute Gasteiger partial charge is 0.350 e. The summed E-state index contributed by atoms with van der Waals surface area (Å²) in [6.07, 6.45) is 0. The number of nitrogens with zero attached hydrogens (tertiary/aromatic N) is 2. The number of piperazine rings is 1. The minimum absolute atomic E-state index is 0.177. The number of hydrogen-bond donors (Lipinski definition) is 1. The van der Waals surface area contributed by atoms with Crippen LogP contribution in [0, 0.1) is 6.92 Å². The first-order valence-corrected chi connectivity index (χ1v) is 9.44. The highest BCUT2D eigenvalue weighted by Gasteiger charge is 2.23. The van der Waals surface area contributed by atoms with Crippen LogP contribution in [-0.2, 0) is 11.3 Å². The van der Waals surface area contributed by atoms with E-state index in [4.69, 9.17) is 4.74 Å². The van der Waals surface area contributed by atoms with Crippen molar-refractivity contribution in [1.82, 2.24) is 9.80 Å². The van der Waals surface area contributed by atoms with Gasteiger partial charge in [0.05, 0.1) is 12.8 Å². The molecule has 1 aromatic heterocycles. The fraction of sp³-hybridized carbons (Fsp3) is 0.368. The lowest BCUT2D eigenvalue weighted by atomic mass is 10.1. The zero-order valence-corrected chi connectivity index (χ0v) is 15.8. The molecule has 0 radical (unpaired) electrons. The molecule has 1 aliphatic rings. The molecule has 2 heterocycles. The van der Waals surface area contributed by atoms with Crippen molar-refractivity contribution in [3.8, 4) is 0 Å². The number of thiophene rings is 1. The molecule has 2 aromatic rings. The van der Waals surface area contributed by atoms with Gasteiger partial charge in [0.2, 0.25) is 0 Å². The largest absolute Gasteiger partial charge is 0.465 e. The van der Waals surface area contributed by atoms with Crippen molar-refractivity contribution in [1.29, 1.82) is 0 Å². The van der Waals surface area contributed by atoms with Crippen molar-refractivity contribution >= 4 is 29.0 Å². The SMILES string of the molecule is COC(=O)c1sccc1NC(=O)N1CCN(Cc2ccc(C)cc2)CC1. The van der Waals surface area contributed by atoms with Gasteiger partial charge in [0.25, 0.3) is 0 Å². The van der Waals surface area contributed by atoms with E-state index in [9.17, 15) is 9.59 Å². The number of hydrogen-bond acceptors (Lipinski definition) is 5. The minimum atomic E-state index is -0.432. The van der Waals surface area contributed by atoms with E-state index < -0.39 is 5.97 Å². The molecule has 26 heavy (non-hydrogen) atoms. The molecule has 0 atom stereocenters. The molecule has 138 valence electrons. The summed E-state index contributed by atoms with van der Waals surface area (Å²) in [4.78, 5) is 28.7. The lowest BCUT2D eigenvalue weighted by molar-refractivity contribution is 0.0607. The van der Waals surface area contributed by atoms with Crippen molar-refractivity contribution in [3.63, 3.8) is 0 Å². The molecule has 0 saturated carbocycles. The van der Waals surface area contributed by atoms with Gasteiger partial charge in [0.15, 0.2) is 0 Å². The number of rotatable bonds is 4. The number of carbonyl (C=O) groups is 2. The molecule has 6 nitrogen and oxygen atoms in total. The van der Waals surface area contributed by atoms with Crippen LogP contribution in [0.3, 0.4) is 0 Å². The lowest BCUT2D eigenvalue weighted by Crippen LogP contribution is -2.49. The zero-order valence-electron chi connectivity index (χ0n) is 15.0. The van der Waals surface area contributed by atoms with E-state index in [2.05, 4.69) is 41.4 Å². The second-order valence-corrected chi connectivity index (χ2v) is 7.25. The summed E-state index contributed by atoms with van der Waals surface area (Å²) in [7, 11) is 1.33. The maximum atomic E-state index is 12.5. The van der Waals surface area contributed by atoms with Crippen molar-refractivity contribution in [2.75, 3.05) is 38.6 Å². The van der Waals surface area contributed by atoms with Crippen molar-refractivity contribution in [3.05, 3.63) is 51.7 Å². The molecule has 3 rings (SSSR count). The molecular weight excluding hydrogens is 350 g/mol. The van der Waals surface area contributed by atoms with Crippen LogP contribution in [0.15, 0.2) is 35.7 Å². The molecule has 0 bridgehead atoms. The number of urea groups is 1. The first-order chi connectivity index (χ1) is 12.6. The summed E-state index contributed by atoms with van der Waals surface area (Å²) in [5.41, 5.74) is 3.05. The van der Waals surface area contributed by atoms with Crippen LogP contribution in [-0.4, -0.2) is 55.1 Å². The third kappa shape index (κ3) is 4.42. The predicted octanol–water partition coefficient (Wildman–Crippen LogP) is 3.19. The molecule has 2 amide bonds. The van der Waals surface area contributed by atoms with Gasteiger partial charge in [0, 0.05) is 32.7 Å². The van der Waals surface area contributed by atoms with Crippen molar-refractivity contribution in [2.24, 2.45) is 0 Å². The molecule has 0 unspecified atom stereocenters. The molecule has 7 heteroatoms. The molecule has 1 aliphatic heterocycles. The van der Waals surface area contributed by atoms with Crippen LogP contribution >= 0.6 is 11.3 Å². The molecule has 1 N–H and O–H groups in total. The fourth-order valence-corrected chi connectivity index (χ4v) is 3.68. The maximum absolute atomic E-state index is 12.5. The van der Waals surface area contributed by atoms with E-state index in [1.165, 1.54) is 29.6 Å². The lowest BCUT2D eigenvalue weighted by Gasteiger charge is -2.34. The fourth-order valence-electron chi connectivity index (χ4n) is 2.91. The van der Waals surface area contributed by atoms with Gasteiger partial charge in [-0.25, -0.2) is 9.59 Å². The van der Waals surface area contributed by atoms with E-state index >= 15 is 0 Å². The summed E-state index contributed by atoms with van der Waals surface area (Å²) in [5, 5.41) is 4.59. The maximum Gasteiger partial charge on any atom is 0.350 e. The molecular formula is C19H23N3O3S. The van der Waals surface area contributed by atoms with Crippen LogP contribution in [0.25, 0.3) is 0 Å². The van der Waals surface area contributed by atoms with Gasteiger partial charge in [0.1, 0.15) is 4.88 Å². The average molecular weight is 373 g/mol. The number of esters is 1. The van der Waals surface area contributed by atoms with Crippen molar-refractivity contribution < 1.29 is 14.3 Å². The minimum Gasteiger partial charge on any atom is -0.465 e. The number of amides is 2. The van der Waals surface area contributed by atoms with E-state index in [0.29, 0.717) is 23.7 Å². The molecule has 1 fully saturated rings. The van der Waals surface area contributed by atoms with Crippen LogP contribution in [0.5, 0.6) is 0 Å². The molecule has 0 aliphatic carbocycles. The highest BCUT2D eigenvalue weighted by molar-refractivity contribution is 7.12. The van der Waals surface area contributed by atoms with Crippen LogP contribution < -0.4 is 5.32 Å². The number of anilines is 1. The Bertz CT molecular complexity index is 765. The van der Waals surface area contributed by atoms with Gasteiger partial charge in [-0.2, -0.15) is 0 Å². The summed E-state index contributed by atoms with van der Waals surface area (Å²) in [6, 6.07) is 10.1. The number of aryl methyl sites for hydroxylation is 1. The Morgan fingerprint density at radius 1 is 1.12 bits per heavy atom. The number of carbonyl (C=O) groups excluding carboxylic acids is 2. The molecule has 1 aromatic carbocycles. The Balaban J connectivity index is 1.51. The molecule has 1 saturated heterocycles. The monoisotopic (exact) mass is 373 g/mol. The van der Waals surface area contributed by atoms with Gasteiger partial charge in [-0.1, -0.05) is 29.8 Å². The topological polar surface area (TPSA) is 61.9 Å². The average Bonchev–Trinajstić information content (AvgIpc) is 3.11. The standard InChI is InChI=1S/C19H23N3O3S/c1-14-3-5-15(6-4-14)13-21-8-10-22(11-9-21)19(24)20-16-7-12-26-17(16)18(23)25-2/h3-7,12H,8-11,13H2,1-2H3,(H,20,24). The highest BCUT2D eigenvalue weighted by atomic mass is 32.1. The summed E-state index contributed by atoms with van der Waals surface area (Å²) in [5.74, 6) is -0.432. The van der Waals surface area contributed by atoms with E-state index in [1.807, 2.05) is 0 Å². The summed E-state index contributed by atoms with van der Waals surface area (Å²) >= 11 is 1.26. The Morgan fingerprint density at radius 3 is 2.46 bits per heavy atom. The second-order valence-electron chi connectivity index (χ2n) is 6.33. The Morgan fingerprint density at radius 2 is 1.81 bits per heavy atom. The van der Waals surface area contributed by atoms with Gasteiger partial charge in [-0.05, 0) is 23.9 Å². The highest BCUT2D eigenvalue weighted by Crippen LogP contribution is 2.23. The Kier molecular flexibility index (Phi) is 5.90. The van der Waals surface area contributed by atoms with Gasteiger partial charge >= 0.3 is 12.0 Å². The Hall–Kier alpha value is -2.38. The predicted molar refractivity (Wildman–Crippen MR) is 103 cm³/mol. The van der Waals surface area contributed by atoms with E-state index in [-0.39, 0.29) is 6.03 Å². The zero-order chi connectivity index (χ0) is 18.5. The Labute approximate surface area is 157 Å². The van der Waals surface area contributed by atoms with E-state index in [1.54, 1.807) is 16.3 Å². The first kappa shape index (κ1) is 18.4. The van der Waals surface area contributed by atoms with Crippen LogP contribution in [0.1, 0.15) is 20.8 Å². The number of benzene rings is 1. The number of ether oxygens (including phenoxy) is 1.